The van der Waals surface area contributed by atoms with Gasteiger partial charge in [0.25, 0.3) is 5.91 Å². The van der Waals surface area contributed by atoms with Crippen molar-refractivity contribution in [1.29, 1.82) is 0 Å². The molecule has 0 fully saturated rings. The molecule has 0 saturated carbocycles. The minimum absolute atomic E-state index is 0.0115. The van der Waals surface area contributed by atoms with Crippen LogP contribution in [0.1, 0.15) is 49.5 Å². The van der Waals surface area contributed by atoms with Crippen molar-refractivity contribution < 1.29 is 22.4 Å². The van der Waals surface area contributed by atoms with Crippen LogP contribution in [0.15, 0.2) is 72.8 Å². The molecule has 196 valence electrons. The molecule has 0 saturated heterocycles. The van der Waals surface area contributed by atoms with Crippen molar-refractivity contribution in [3.05, 3.63) is 89.7 Å². The Hall–Kier alpha value is -3.72. The summed E-state index contributed by atoms with van der Waals surface area (Å²) < 4.78 is 39.4. The molecule has 0 atom stereocenters. The topological polar surface area (TPSA) is 95.6 Å². The molecule has 3 aromatic rings. The van der Waals surface area contributed by atoms with Gasteiger partial charge in [-0.05, 0) is 59.9 Å². The quantitative estimate of drug-likeness (QED) is 0.382. The van der Waals surface area contributed by atoms with Gasteiger partial charge in [-0.2, -0.15) is 0 Å². The number of nitrogens with zero attached hydrogens (tertiary/aromatic N) is 1. The van der Waals surface area contributed by atoms with Gasteiger partial charge in [0.2, 0.25) is 15.9 Å². The van der Waals surface area contributed by atoms with Crippen molar-refractivity contribution in [3.63, 3.8) is 0 Å². The highest BCUT2D eigenvalue weighted by molar-refractivity contribution is 7.92. The molecular weight excluding hydrogens is 493 g/mol. The van der Waals surface area contributed by atoms with Crippen LogP contribution < -0.4 is 14.9 Å². The van der Waals surface area contributed by atoms with E-state index in [9.17, 15) is 22.4 Å². The predicted molar refractivity (Wildman–Crippen MR) is 146 cm³/mol. The molecule has 0 heterocycles. The summed E-state index contributed by atoms with van der Waals surface area (Å²) in [4.78, 5) is 25.1. The van der Waals surface area contributed by atoms with Gasteiger partial charge in [-0.25, -0.2) is 12.8 Å². The lowest BCUT2D eigenvalue weighted by Gasteiger charge is -2.22. The van der Waals surface area contributed by atoms with Crippen molar-refractivity contribution in [2.24, 2.45) is 0 Å². The molecule has 37 heavy (non-hydrogen) atoms. The lowest BCUT2D eigenvalue weighted by Crippen LogP contribution is -2.32. The van der Waals surface area contributed by atoms with E-state index >= 15 is 0 Å². The van der Waals surface area contributed by atoms with Crippen LogP contribution >= 0.6 is 0 Å². The van der Waals surface area contributed by atoms with Crippen molar-refractivity contribution in [2.45, 2.75) is 39.0 Å². The molecule has 0 radical (unpaired) electrons. The van der Waals surface area contributed by atoms with Crippen LogP contribution in [0.5, 0.6) is 0 Å². The van der Waals surface area contributed by atoms with Crippen molar-refractivity contribution >= 4 is 38.9 Å². The molecule has 2 amide bonds. The number of para-hydroxylation sites is 1. The molecule has 9 heteroatoms. The predicted octanol–water partition coefficient (Wildman–Crippen LogP) is 5.56. The standard InChI is InChI=1S/C28H32FN3O4S/c1-28(2,3)21-16-14-20(15-17-21)27(34)31-23-10-7-9-22(19-23)30-26(33)13-8-18-32(37(4,35)36)25-12-6-5-11-24(25)29/h5-7,9-12,14-17,19H,8,13,18H2,1-4H3,(H,30,33)(H,31,34). The number of amides is 2. The van der Waals surface area contributed by atoms with Crippen molar-refractivity contribution in [2.75, 3.05) is 27.7 Å². The van der Waals surface area contributed by atoms with Gasteiger partial charge in [-0.3, -0.25) is 13.9 Å². The lowest BCUT2D eigenvalue weighted by molar-refractivity contribution is -0.116. The van der Waals surface area contributed by atoms with Crippen molar-refractivity contribution in [3.8, 4) is 0 Å². The Bertz CT molecular complexity index is 1370. The molecule has 7 nitrogen and oxygen atoms in total. The maximum Gasteiger partial charge on any atom is 0.255 e. The first-order valence-electron chi connectivity index (χ1n) is 11.9. The molecule has 2 N–H and O–H groups in total. The van der Waals surface area contributed by atoms with Gasteiger partial charge in [0.1, 0.15) is 5.82 Å². The van der Waals surface area contributed by atoms with Crippen LogP contribution in [0.25, 0.3) is 0 Å². The first-order chi connectivity index (χ1) is 17.3. The van der Waals surface area contributed by atoms with E-state index in [1.807, 2.05) is 12.1 Å². The number of halogens is 1. The fourth-order valence-corrected chi connectivity index (χ4v) is 4.69. The highest BCUT2D eigenvalue weighted by Crippen LogP contribution is 2.24. The van der Waals surface area contributed by atoms with Gasteiger partial charge < -0.3 is 10.6 Å². The minimum atomic E-state index is -3.73. The summed E-state index contributed by atoms with van der Waals surface area (Å²) in [5.41, 5.74) is 2.59. The number of anilines is 3. The number of hydrogen-bond donors (Lipinski definition) is 2. The molecule has 0 bridgehead atoms. The van der Waals surface area contributed by atoms with E-state index in [2.05, 4.69) is 31.4 Å². The fourth-order valence-electron chi connectivity index (χ4n) is 3.73. The minimum Gasteiger partial charge on any atom is -0.326 e. The molecule has 0 aliphatic heterocycles. The second-order valence-electron chi connectivity index (χ2n) is 9.80. The smallest absolute Gasteiger partial charge is 0.255 e. The Morgan fingerprint density at radius 2 is 1.51 bits per heavy atom. The summed E-state index contributed by atoms with van der Waals surface area (Å²) in [7, 11) is -3.73. The third kappa shape index (κ3) is 7.88. The molecule has 0 aliphatic rings. The average Bonchev–Trinajstić information content (AvgIpc) is 2.81. The molecule has 0 aromatic heterocycles. The van der Waals surface area contributed by atoms with E-state index in [0.717, 1.165) is 16.1 Å². The maximum absolute atomic E-state index is 14.1. The molecule has 3 rings (SSSR count). The van der Waals surface area contributed by atoms with Gasteiger partial charge in [-0.1, -0.05) is 51.1 Å². The van der Waals surface area contributed by atoms with E-state index in [0.29, 0.717) is 16.9 Å². The molecule has 0 spiro atoms. The Kier molecular flexibility index (Phi) is 8.70. The summed E-state index contributed by atoms with van der Waals surface area (Å²) in [6.07, 6.45) is 1.21. The Balaban J connectivity index is 1.57. The lowest BCUT2D eigenvalue weighted by atomic mass is 9.87. The summed E-state index contributed by atoms with van der Waals surface area (Å²) in [5, 5.41) is 5.58. The van der Waals surface area contributed by atoms with E-state index in [-0.39, 0.29) is 42.3 Å². The van der Waals surface area contributed by atoms with Crippen LogP contribution in [-0.2, 0) is 20.2 Å². The number of nitrogens with one attached hydrogen (secondary N) is 2. The summed E-state index contributed by atoms with van der Waals surface area (Å²) in [5.74, 6) is -1.25. The van der Waals surface area contributed by atoms with Crippen LogP contribution in [0, 0.1) is 5.82 Å². The van der Waals surface area contributed by atoms with Gasteiger partial charge >= 0.3 is 0 Å². The highest BCUT2D eigenvalue weighted by atomic mass is 32.2. The third-order valence-corrected chi connectivity index (χ3v) is 6.88. The molecule has 3 aromatic carbocycles. The van der Waals surface area contributed by atoms with Gasteiger partial charge in [0.05, 0.1) is 11.9 Å². The largest absolute Gasteiger partial charge is 0.326 e. The first kappa shape index (κ1) is 27.9. The molecule has 0 unspecified atom stereocenters. The highest BCUT2D eigenvalue weighted by Gasteiger charge is 2.20. The van der Waals surface area contributed by atoms with Gasteiger partial charge in [0.15, 0.2) is 0 Å². The summed E-state index contributed by atoms with van der Waals surface area (Å²) in [6, 6.07) is 19.8. The average molecular weight is 526 g/mol. The SMILES string of the molecule is CC(C)(C)c1ccc(C(=O)Nc2cccc(NC(=O)CCCN(c3ccccc3F)S(C)(=O)=O)c2)cc1. The molecular formula is C28H32FN3O4S. The third-order valence-electron chi connectivity index (χ3n) is 5.70. The van der Waals surface area contributed by atoms with E-state index in [4.69, 9.17) is 0 Å². The number of benzene rings is 3. The molecule has 0 aliphatic carbocycles. The van der Waals surface area contributed by atoms with Crippen LogP contribution in [-0.4, -0.2) is 33.0 Å². The number of sulfonamides is 1. The van der Waals surface area contributed by atoms with Gasteiger partial charge in [0, 0.05) is 29.9 Å². The zero-order valence-electron chi connectivity index (χ0n) is 21.4. The zero-order chi connectivity index (χ0) is 27.2. The Morgan fingerprint density at radius 3 is 2.11 bits per heavy atom. The van der Waals surface area contributed by atoms with Crippen LogP contribution in [0.2, 0.25) is 0 Å². The van der Waals surface area contributed by atoms with Gasteiger partial charge in [-0.15, -0.1) is 0 Å². The van der Waals surface area contributed by atoms with Crippen molar-refractivity contribution in [1.82, 2.24) is 0 Å². The fraction of sp³-hybridized carbons (Fsp3) is 0.286. The second kappa shape index (κ2) is 11.6. The number of carbonyl (C=O) groups is 2. The Labute approximate surface area is 217 Å². The number of hydrogen-bond acceptors (Lipinski definition) is 4. The first-order valence-corrected chi connectivity index (χ1v) is 13.7. The Morgan fingerprint density at radius 1 is 0.892 bits per heavy atom. The van der Waals surface area contributed by atoms with Crippen LogP contribution in [0.4, 0.5) is 21.5 Å². The van der Waals surface area contributed by atoms with Crippen LogP contribution in [0.3, 0.4) is 0 Å². The summed E-state index contributed by atoms with van der Waals surface area (Å²) in [6.45, 7) is 6.27. The number of rotatable bonds is 9. The van der Waals surface area contributed by atoms with E-state index < -0.39 is 15.8 Å². The zero-order valence-corrected chi connectivity index (χ0v) is 22.2. The number of carbonyl (C=O) groups excluding carboxylic acids is 2. The maximum atomic E-state index is 14.1. The monoisotopic (exact) mass is 525 g/mol. The normalized spacial score (nSPS) is 11.6. The summed E-state index contributed by atoms with van der Waals surface area (Å²) >= 11 is 0. The van der Waals surface area contributed by atoms with E-state index in [1.165, 1.54) is 18.2 Å². The second-order valence-corrected chi connectivity index (χ2v) is 11.7. The van der Waals surface area contributed by atoms with E-state index in [1.54, 1.807) is 42.5 Å².